The van der Waals surface area contributed by atoms with Crippen LogP contribution in [0.2, 0.25) is 0 Å². The van der Waals surface area contributed by atoms with Gasteiger partial charge in [0.15, 0.2) is 0 Å². The SMILES string of the molecule is CCNC(C)CC(=O)N(C)Cc1ccoc1C. The van der Waals surface area contributed by atoms with Gasteiger partial charge in [-0.2, -0.15) is 0 Å². The molecule has 96 valence electrons. The lowest BCUT2D eigenvalue weighted by molar-refractivity contribution is -0.130. The van der Waals surface area contributed by atoms with Crippen LogP contribution in [0.3, 0.4) is 0 Å². The predicted molar refractivity (Wildman–Crippen MR) is 67.7 cm³/mol. The number of furan rings is 1. The van der Waals surface area contributed by atoms with E-state index in [0.717, 1.165) is 17.9 Å². The molecule has 0 spiro atoms. The summed E-state index contributed by atoms with van der Waals surface area (Å²) in [6, 6.07) is 2.13. The number of carbonyl (C=O) groups excluding carboxylic acids is 1. The van der Waals surface area contributed by atoms with Gasteiger partial charge in [0.05, 0.1) is 6.26 Å². The Morgan fingerprint density at radius 1 is 1.59 bits per heavy atom. The largest absolute Gasteiger partial charge is 0.469 e. The molecule has 0 saturated carbocycles. The second-order valence-corrected chi connectivity index (χ2v) is 4.41. The summed E-state index contributed by atoms with van der Waals surface area (Å²) >= 11 is 0. The zero-order valence-corrected chi connectivity index (χ0v) is 11.1. The van der Waals surface area contributed by atoms with Crippen LogP contribution in [-0.2, 0) is 11.3 Å². The van der Waals surface area contributed by atoms with Crippen LogP contribution in [-0.4, -0.2) is 30.4 Å². The molecule has 0 bridgehead atoms. The van der Waals surface area contributed by atoms with Gasteiger partial charge in [-0.25, -0.2) is 0 Å². The Hall–Kier alpha value is -1.29. The van der Waals surface area contributed by atoms with Crippen molar-refractivity contribution in [2.75, 3.05) is 13.6 Å². The van der Waals surface area contributed by atoms with Crippen molar-refractivity contribution in [2.45, 2.75) is 39.8 Å². The van der Waals surface area contributed by atoms with Crippen LogP contribution in [0, 0.1) is 6.92 Å². The van der Waals surface area contributed by atoms with Gasteiger partial charge in [0.2, 0.25) is 5.91 Å². The van der Waals surface area contributed by atoms with Gasteiger partial charge in [-0.15, -0.1) is 0 Å². The summed E-state index contributed by atoms with van der Waals surface area (Å²) in [5, 5.41) is 3.24. The molecule has 0 saturated heterocycles. The van der Waals surface area contributed by atoms with E-state index < -0.39 is 0 Å². The molecule has 0 fully saturated rings. The molecule has 0 aromatic carbocycles. The van der Waals surface area contributed by atoms with Crippen molar-refractivity contribution in [2.24, 2.45) is 0 Å². The standard InChI is InChI=1S/C13H22N2O2/c1-5-14-10(2)8-13(16)15(4)9-12-6-7-17-11(12)3/h6-7,10,14H,5,8-9H2,1-4H3. The van der Waals surface area contributed by atoms with Crippen LogP contribution in [0.5, 0.6) is 0 Å². The first kappa shape index (κ1) is 13.8. The molecule has 17 heavy (non-hydrogen) atoms. The summed E-state index contributed by atoms with van der Waals surface area (Å²) in [5.74, 6) is 1.03. The van der Waals surface area contributed by atoms with E-state index in [2.05, 4.69) is 5.32 Å². The van der Waals surface area contributed by atoms with Crippen molar-refractivity contribution < 1.29 is 9.21 Å². The van der Waals surface area contributed by atoms with Crippen LogP contribution < -0.4 is 5.32 Å². The second kappa shape index (κ2) is 6.45. The van der Waals surface area contributed by atoms with E-state index in [9.17, 15) is 4.79 Å². The van der Waals surface area contributed by atoms with E-state index in [4.69, 9.17) is 4.42 Å². The van der Waals surface area contributed by atoms with Crippen molar-refractivity contribution >= 4 is 5.91 Å². The summed E-state index contributed by atoms with van der Waals surface area (Å²) < 4.78 is 5.21. The van der Waals surface area contributed by atoms with Crippen LogP contribution >= 0.6 is 0 Å². The third kappa shape index (κ3) is 4.23. The Bertz CT molecular complexity index is 360. The van der Waals surface area contributed by atoms with Gasteiger partial charge in [-0.1, -0.05) is 6.92 Å². The van der Waals surface area contributed by atoms with Gasteiger partial charge in [0.1, 0.15) is 5.76 Å². The molecule has 1 rings (SSSR count). The maximum atomic E-state index is 11.9. The third-order valence-corrected chi connectivity index (χ3v) is 2.83. The minimum absolute atomic E-state index is 0.152. The number of amides is 1. The molecule has 1 heterocycles. The molecule has 1 amide bonds. The first-order valence-corrected chi connectivity index (χ1v) is 6.05. The average molecular weight is 238 g/mol. The highest BCUT2D eigenvalue weighted by atomic mass is 16.3. The minimum Gasteiger partial charge on any atom is -0.469 e. The first-order chi connectivity index (χ1) is 8.04. The lowest BCUT2D eigenvalue weighted by atomic mass is 10.2. The summed E-state index contributed by atoms with van der Waals surface area (Å²) in [4.78, 5) is 13.7. The molecule has 4 heteroatoms. The molecule has 1 aromatic rings. The Kier molecular flexibility index (Phi) is 5.22. The second-order valence-electron chi connectivity index (χ2n) is 4.41. The number of carbonyl (C=O) groups is 1. The van der Waals surface area contributed by atoms with Crippen LogP contribution in [0.25, 0.3) is 0 Å². The number of hydrogen-bond acceptors (Lipinski definition) is 3. The van der Waals surface area contributed by atoms with Crippen LogP contribution in [0.4, 0.5) is 0 Å². The molecule has 1 N–H and O–H groups in total. The lowest BCUT2D eigenvalue weighted by Gasteiger charge is -2.19. The fourth-order valence-electron chi connectivity index (χ4n) is 1.76. The fraction of sp³-hybridized carbons (Fsp3) is 0.615. The number of nitrogens with zero attached hydrogens (tertiary/aromatic N) is 1. The monoisotopic (exact) mass is 238 g/mol. The summed E-state index contributed by atoms with van der Waals surface area (Å²) in [5.41, 5.74) is 1.07. The minimum atomic E-state index is 0.152. The van der Waals surface area contributed by atoms with E-state index >= 15 is 0 Å². The average Bonchev–Trinajstić information content (AvgIpc) is 2.64. The quantitative estimate of drug-likeness (QED) is 0.823. The molecular formula is C13H22N2O2. The van der Waals surface area contributed by atoms with E-state index in [1.165, 1.54) is 0 Å². The summed E-state index contributed by atoms with van der Waals surface area (Å²) in [6.07, 6.45) is 2.19. The molecular weight excluding hydrogens is 216 g/mol. The predicted octanol–water partition coefficient (Wildman–Crippen LogP) is 1.93. The smallest absolute Gasteiger partial charge is 0.224 e. The highest BCUT2D eigenvalue weighted by Gasteiger charge is 2.14. The van der Waals surface area contributed by atoms with Crippen LogP contribution in [0.15, 0.2) is 16.7 Å². The molecule has 0 radical (unpaired) electrons. The Morgan fingerprint density at radius 2 is 2.29 bits per heavy atom. The molecule has 1 unspecified atom stereocenters. The molecule has 4 nitrogen and oxygen atoms in total. The van der Waals surface area contributed by atoms with Crippen molar-refractivity contribution in [3.05, 3.63) is 23.7 Å². The number of hydrogen-bond donors (Lipinski definition) is 1. The topological polar surface area (TPSA) is 45.5 Å². The third-order valence-electron chi connectivity index (χ3n) is 2.83. The highest BCUT2D eigenvalue weighted by molar-refractivity contribution is 5.76. The van der Waals surface area contributed by atoms with Gasteiger partial charge >= 0.3 is 0 Å². The Morgan fingerprint density at radius 3 is 2.82 bits per heavy atom. The van der Waals surface area contributed by atoms with Crippen molar-refractivity contribution in [3.8, 4) is 0 Å². The zero-order valence-electron chi connectivity index (χ0n) is 11.1. The number of aryl methyl sites for hydroxylation is 1. The fourth-order valence-corrected chi connectivity index (χ4v) is 1.76. The molecule has 0 aliphatic heterocycles. The lowest BCUT2D eigenvalue weighted by Crippen LogP contribution is -2.34. The zero-order chi connectivity index (χ0) is 12.8. The van der Waals surface area contributed by atoms with Crippen LogP contribution in [0.1, 0.15) is 31.6 Å². The number of rotatable bonds is 6. The van der Waals surface area contributed by atoms with Crippen molar-refractivity contribution in [1.82, 2.24) is 10.2 Å². The number of nitrogens with one attached hydrogen (secondary N) is 1. The van der Waals surface area contributed by atoms with Crippen molar-refractivity contribution in [3.63, 3.8) is 0 Å². The highest BCUT2D eigenvalue weighted by Crippen LogP contribution is 2.11. The molecule has 0 aliphatic rings. The Balaban J connectivity index is 2.45. The van der Waals surface area contributed by atoms with Gasteiger partial charge < -0.3 is 14.6 Å². The van der Waals surface area contributed by atoms with Gasteiger partial charge in [0, 0.05) is 31.6 Å². The maximum absolute atomic E-state index is 11.9. The van der Waals surface area contributed by atoms with Crippen molar-refractivity contribution in [1.29, 1.82) is 0 Å². The van der Waals surface area contributed by atoms with Gasteiger partial charge in [-0.05, 0) is 26.5 Å². The van der Waals surface area contributed by atoms with E-state index in [-0.39, 0.29) is 11.9 Å². The Labute approximate surface area is 103 Å². The van der Waals surface area contributed by atoms with E-state index in [0.29, 0.717) is 13.0 Å². The van der Waals surface area contributed by atoms with Gasteiger partial charge in [-0.3, -0.25) is 4.79 Å². The molecule has 0 aliphatic carbocycles. The van der Waals surface area contributed by atoms with E-state index in [1.54, 1.807) is 11.2 Å². The first-order valence-electron chi connectivity index (χ1n) is 6.05. The molecule has 1 atom stereocenters. The summed E-state index contributed by atoms with van der Waals surface area (Å²) in [7, 11) is 1.83. The van der Waals surface area contributed by atoms with E-state index in [1.807, 2.05) is 33.9 Å². The van der Waals surface area contributed by atoms with Gasteiger partial charge in [0.25, 0.3) is 0 Å². The molecule has 1 aromatic heterocycles. The maximum Gasteiger partial charge on any atom is 0.224 e. The normalized spacial score (nSPS) is 12.5. The summed E-state index contributed by atoms with van der Waals surface area (Å²) in [6.45, 7) is 7.48.